The summed E-state index contributed by atoms with van der Waals surface area (Å²) < 4.78 is 1.82. The summed E-state index contributed by atoms with van der Waals surface area (Å²) in [5, 5.41) is 16.8. The number of amides is 2. The van der Waals surface area contributed by atoms with Crippen LogP contribution in [0, 0.1) is 13.8 Å². The van der Waals surface area contributed by atoms with Gasteiger partial charge in [-0.1, -0.05) is 47.7 Å². The lowest BCUT2D eigenvalue weighted by Gasteiger charge is -2.13. The summed E-state index contributed by atoms with van der Waals surface area (Å²) in [7, 11) is 0. The van der Waals surface area contributed by atoms with Crippen molar-refractivity contribution in [2.24, 2.45) is 0 Å². The molecule has 2 N–H and O–H groups in total. The van der Waals surface area contributed by atoms with Gasteiger partial charge in [-0.05, 0) is 44.5 Å². The van der Waals surface area contributed by atoms with Crippen LogP contribution < -0.4 is 10.6 Å². The smallest absolute Gasteiger partial charge is 0.239 e. The van der Waals surface area contributed by atoms with Gasteiger partial charge in [-0.25, -0.2) is 4.98 Å². The average Bonchev–Trinajstić information content (AvgIpc) is 3.46. The maximum Gasteiger partial charge on any atom is 0.239 e. The van der Waals surface area contributed by atoms with Crippen LogP contribution in [0.3, 0.4) is 0 Å². The minimum absolute atomic E-state index is 0.0372. The summed E-state index contributed by atoms with van der Waals surface area (Å²) >= 11 is 2.63. The molecule has 4 rings (SSSR count). The molecule has 0 aliphatic carbocycles. The van der Waals surface area contributed by atoms with Gasteiger partial charge in [-0.3, -0.25) is 14.2 Å². The third-order valence-corrected chi connectivity index (χ3v) is 6.73. The molecule has 174 valence electrons. The maximum atomic E-state index is 12.9. The van der Waals surface area contributed by atoms with Crippen molar-refractivity contribution in [1.82, 2.24) is 19.7 Å². The van der Waals surface area contributed by atoms with Crippen molar-refractivity contribution in [2.45, 2.75) is 37.6 Å². The molecule has 2 aromatic carbocycles. The standard InChI is InChI=1S/C24H24N6O2S2/c1-15-9-10-19(16(2)13-15)26-21(31)14-20-28-29-24(30(20)18-7-5-4-6-8-18)34-17(3)22(32)27-23-25-11-12-33-23/h4-13,17H,14H2,1-3H3,(H,26,31)(H,25,27,32). The predicted molar refractivity (Wildman–Crippen MR) is 136 cm³/mol. The molecule has 1 atom stereocenters. The van der Waals surface area contributed by atoms with E-state index in [1.165, 1.54) is 23.1 Å². The number of para-hydroxylation sites is 1. The number of carbonyl (C=O) groups excluding carboxylic acids is 2. The number of hydrogen-bond acceptors (Lipinski definition) is 7. The van der Waals surface area contributed by atoms with Crippen LogP contribution in [-0.4, -0.2) is 36.8 Å². The molecule has 8 nitrogen and oxygen atoms in total. The number of nitrogens with one attached hydrogen (secondary N) is 2. The van der Waals surface area contributed by atoms with Crippen molar-refractivity contribution in [2.75, 3.05) is 10.6 Å². The summed E-state index contributed by atoms with van der Waals surface area (Å²) in [6, 6.07) is 15.4. The van der Waals surface area contributed by atoms with Gasteiger partial charge in [-0.2, -0.15) is 0 Å². The molecule has 2 amide bonds. The largest absolute Gasteiger partial charge is 0.325 e. The van der Waals surface area contributed by atoms with E-state index in [0.717, 1.165) is 22.5 Å². The highest BCUT2D eigenvalue weighted by molar-refractivity contribution is 8.00. The number of thioether (sulfide) groups is 1. The molecule has 4 aromatic rings. The fraction of sp³-hybridized carbons (Fsp3) is 0.208. The van der Waals surface area contributed by atoms with Crippen molar-refractivity contribution in [3.63, 3.8) is 0 Å². The van der Waals surface area contributed by atoms with Gasteiger partial charge in [0, 0.05) is 23.0 Å². The Morgan fingerprint density at radius 1 is 1.09 bits per heavy atom. The number of aromatic nitrogens is 4. The fourth-order valence-electron chi connectivity index (χ4n) is 3.32. The van der Waals surface area contributed by atoms with Crippen LogP contribution in [-0.2, 0) is 16.0 Å². The number of thiazole rings is 1. The van der Waals surface area contributed by atoms with Gasteiger partial charge in [0.2, 0.25) is 11.8 Å². The summed E-state index contributed by atoms with van der Waals surface area (Å²) in [5.74, 6) is 0.114. The zero-order valence-electron chi connectivity index (χ0n) is 19.0. The molecule has 0 aliphatic rings. The minimum Gasteiger partial charge on any atom is -0.325 e. The van der Waals surface area contributed by atoms with Gasteiger partial charge >= 0.3 is 0 Å². The Labute approximate surface area is 205 Å². The number of benzene rings is 2. The van der Waals surface area contributed by atoms with Crippen molar-refractivity contribution in [1.29, 1.82) is 0 Å². The summed E-state index contributed by atoms with van der Waals surface area (Å²) in [5.41, 5.74) is 3.71. The number of aryl methyl sites for hydroxylation is 2. The number of rotatable bonds is 8. The van der Waals surface area contributed by atoms with E-state index in [4.69, 9.17) is 0 Å². The van der Waals surface area contributed by atoms with Crippen LogP contribution >= 0.6 is 23.1 Å². The molecule has 1 unspecified atom stereocenters. The molecule has 10 heteroatoms. The second kappa shape index (κ2) is 10.6. The van der Waals surface area contributed by atoms with Crippen LogP contribution in [0.2, 0.25) is 0 Å². The zero-order valence-corrected chi connectivity index (χ0v) is 20.6. The molecule has 34 heavy (non-hydrogen) atoms. The van der Waals surface area contributed by atoms with Gasteiger partial charge in [0.25, 0.3) is 0 Å². The quantitative estimate of drug-likeness (QED) is 0.348. The highest BCUT2D eigenvalue weighted by atomic mass is 32.2. The van der Waals surface area contributed by atoms with E-state index in [9.17, 15) is 9.59 Å². The first-order chi connectivity index (χ1) is 16.4. The maximum absolute atomic E-state index is 12.9. The first kappa shape index (κ1) is 23.7. The summed E-state index contributed by atoms with van der Waals surface area (Å²) in [6.07, 6.45) is 1.68. The second-order valence-electron chi connectivity index (χ2n) is 7.70. The fourth-order valence-corrected chi connectivity index (χ4v) is 4.74. The Morgan fingerprint density at radius 2 is 1.88 bits per heavy atom. The number of carbonyl (C=O) groups is 2. The van der Waals surface area contributed by atoms with E-state index in [1.54, 1.807) is 18.5 Å². The van der Waals surface area contributed by atoms with E-state index in [-0.39, 0.29) is 18.2 Å². The lowest BCUT2D eigenvalue weighted by molar-refractivity contribution is -0.116. The Hall–Kier alpha value is -3.50. The first-order valence-corrected chi connectivity index (χ1v) is 12.4. The SMILES string of the molecule is Cc1ccc(NC(=O)Cc2nnc(SC(C)C(=O)Nc3nccs3)n2-c2ccccc2)c(C)c1. The van der Waals surface area contributed by atoms with Gasteiger partial charge in [0.1, 0.15) is 5.82 Å². The number of nitrogens with zero attached hydrogens (tertiary/aromatic N) is 4. The molecule has 0 bridgehead atoms. The lowest BCUT2D eigenvalue weighted by atomic mass is 10.1. The normalized spacial score (nSPS) is 11.7. The summed E-state index contributed by atoms with van der Waals surface area (Å²) in [6.45, 7) is 5.77. The first-order valence-electron chi connectivity index (χ1n) is 10.6. The Kier molecular flexibility index (Phi) is 7.39. The van der Waals surface area contributed by atoms with Crippen LogP contribution in [0.25, 0.3) is 5.69 Å². The molecule has 2 heterocycles. The zero-order chi connectivity index (χ0) is 24.1. The number of hydrogen-bond donors (Lipinski definition) is 2. The minimum atomic E-state index is -0.451. The Balaban J connectivity index is 1.54. The molecule has 0 saturated carbocycles. The van der Waals surface area contributed by atoms with Crippen molar-refractivity contribution >= 4 is 45.7 Å². The van der Waals surface area contributed by atoms with E-state index in [1.807, 2.05) is 66.9 Å². The van der Waals surface area contributed by atoms with E-state index in [0.29, 0.717) is 16.1 Å². The monoisotopic (exact) mass is 492 g/mol. The Bertz CT molecular complexity index is 1290. The van der Waals surface area contributed by atoms with Crippen molar-refractivity contribution in [3.8, 4) is 5.69 Å². The van der Waals surface area contributed by atoms with Crippen LogP contribution in [0.1, 0.15) is 23.9 Å². The van der Waals surface area contributed by atoms with Gasteiger partial charge in [0.05, 0.1) is 11.7 Å². The summed E-state index contributed by atoms with van der Waals surface area (Å²) in [4.78, 5) is 29.6. The van der Waals surface area contributed by atoms with E-state index in [2.05, 4.69) is 25.8 Å². The van der Waals surface area contributed by atoms with Crippen LogP contribution in [0.5, 0.6) is 0 Å². The second-order valence-corrected chi connectivity index (χ2v) is 9.90. The molecular formula is C24H24N6O2S2. The van der Waals surface area contributed by atoms with Gasteiger partial charge in [0.15, 0.2) is 10.3 Å². The van der Waals surface area contributed by atoms with Crippen LogP contribution in [0.15, 0.2) is 65.3 Å². The molecule has 0 spiro atoms. The van der Waals surface area contributed by atoms with Crippen molar-refractivity contribution in [3.05, 3.63) is 77.1 Å². The molecular weight excluding hydrogens is 468 g/mol. The molecule has 2 aromatic heterocycles. The molecule has 0 radical (unpaired) electrons. The number of anilines is 2. The lowest BCUT2D eigenvalue weighted by Crippen LogP contribution is -2.23. The molecule has 0 aliphatic heterocycles. The highest BCUT2D eigenvalue weighted by Crippen LogP contribution is 2.27. The van der Waals surface area contributed by atoms with E-state index >= 15 is 0 Å². The predicted octanol–water partition coefficient (Wildman–Crippen LogP) is 4.64. The topological polar surface area (TPSA) is 102 Å². The van der Waals surface area contributed by atoms with E-state index < -0.39 is 5.25 Å². The van der Waals surface area contributed by atoms with Gasteiger partial charge in [-0.15, -0.1) is 21.5 Å². The van der Waals surface area contributed by atoms with Gasteiger partial charge < -0.3 is 10.6 Å². The Morgan fingerprint density at radius 3 is 2.59 bits per heavy atom. The third kappa shape index (κ3) is 5.70. The molecule has 0 saturated heterocycles. The third-order valence-electron chi connectivity index (χ3n) is 5.00. The van der Waals surface area contributed by atoms with Crippen molar-refractivity contribution < 1.29 is 9.59 Å². The average molecular weight is 493 g/mol. The molecule has 0 fully saturated rings. The van der Waals surface area contributed by atoms with Crippen LogP contribution in [0.4, 0.5) is 10.8 Å². The highest BCUT2D eigenvalue weighted by Gasteiger charge is 2.23.